The monoisotopic (exact) mass is 443 g/mol. The third-order valence-electron chi connectivity index (χ3n) is 4.17. The minimum atomic E-state index is -0.151. The Balaban J connectivity index is 1.43. The maximum absolute atomic E-state index is 12.1. The Labute approximate surface area is 184 Å². The van der Waals surface area contributed by atoms with E-state index < -0.39 is 0 Å². The minimum absolute atomic E-state index is 0.151. The van der Waals surface area contributed by atoms with Crippen molar-refractivity contribution in [2.75, 3.05) is 38.5 Å². The first kappa shape index (κ1) is 22.3. The topological polar surface area (TPSA) is 114 Å². The average Bonchev–Trinajstić information content (AvgIpc) is 3.16. The molecule has 164 valence electrons. The van der Waals surface area contributed by atoms with E-state index in [9.17, 15) is 4.79 Å². The Bertz CT molecular complexity index is 994. The molecule has 0 aliphatic carbocycles. The number of methoxy groups -OCH3 is 1. The molecule has 1 heterocycles. The Morgan fingerprint density at radius 2 is 1.81 bits per heavy atom. The molecule has 0 aliphatic rings. The molecule has 2 aromatic carbocycles. The number of nitrogen functional groups attached to an aromatic ring is 1. The van der Waals surface area contributed by atoms with Crippen LogP contribution in [0.15, 0.2) is 53.7 Å². The fourth-order valence-corrected chi connectivity index (χ4v) is 3.41. The Hall–Kier alpha value is -3.40. The first-order valence-electron chi connectivity index (χ1n) is 9.71. The largest absolute Gasteiger partial charge is 0.496 e. The number of ether oxygens (including phenoxy) is 3. The van der Waals surface area contributed by atoms with Crippen LogP contribution in [0.1, 0.15) is 6.92 Å². The summed E-state index contributed by atoms with van der Waals surface area (Å²) in [4.78, 5) is 12.1. The number of nitrogens with two attached hydrogens (primary N) is 1. The number of hydrogen-bond acceptors (Lipinski definition) is 8. The third-order valence-corrected chi connectivity index (χ3v) is 5.12. The van der Waals surface area contributed by atoms with E-state index in [0.717, 1.165) is 11.3 Å². The van der Waals surface area contributed by atoms with Crippen LogP contribution in [0.4, 0.5) is 0 Å². The van der Waals surface area contributed by atoms with Gasteiger partial charge < -0.3 is 25.4 Å². The van der Waals surface area contributed by atoms with E-state index >= 15 is 0 Å². The maximum Gasteiger partial charge on any atom is 0.230 e. The van der Waals surface area contributed by atoms with Crippen molar-refractivity contribution in [2.45, 2.75) is 12.1 Å². The number of benzene rings is 2. The van der Waals surface area contributed by atoms with Gasteiger partial charge in [-0.05, 0) is 43.3 Å². The van der Waals surface area contributed by atoms with Crippen LogP contribution in [-0.4, -0.2) is 53.4 Å². The molecule has 0 saturated carbocycles. The van der Waals surface area contributed by atoms with E-state index in [1.54, 1.807) is 7.11 Å². The molecule has 3 aromatic rings. The van der Waals surface area contributed by atoms with Crippen LogP contribution in [0.2, 0.25) is 0 Å². The molecule has 10 heteroatoms. The van der Waals surface area contributed by atoms with Crippen LogP contribution < -0.4 is 25.4 Å². The van der Waals surface area contributed by atoms with Gasteiger partial charge in [-0.3, -0.25) is 4.79 Å². The Morgan fingerprint density at radius 1 is 1.10 bits per heavy atom. The number of aromatic nitrogens is 3. The molecule has 1 aromatic heterocycles. The highest BCUT2D eigenvalue weighted by Gasteiger charge is 2.16. The number of carbonyl (C=O) groups excluding carboxylic acids is 1. The first-order valence-corrected chi connectivity index (χ1v) is 10.7. The van der Waals surface area contributed by atoms with Gasteiger partial charge in [-0.15, -0.1) is 10.2 Å². The van der Waals surface area contributed by atoms with E-state index in [1.165, 1.54) is 16.4 Å². The zero-order valence-corrected chi connectivity index (χ0v) is 18.2. The predicted octanol–water partition coefficient (Wildman–Crippen LogP) is 2.35. The van der Waals surface area contributed by atoms with Crippen molar-refractivity contribution < 1.29 is 19.0 Å². The number of thioether (sulfide) groups is 1. The second-order valence-electron chi connectivity index (χ2n) is 6.27. The Morgan fingerprint density at radius 3 is 2.52 bits per heavy atom. The summed E-state index contributed by atoms with van der Waals surface area (Å²) in [7, 11) is 1.58. The zero-order valence-electron chi connectivity index (χ0n) is 17.4. The van der Waals surface area contributed by atoms with E-state index in [-0.39, 0.29) is 11.7 Å². The van der Waals surface area contributed by atoms with Gasteiger partial charge in [0.1, 0.15) is 23.9 Å². The number of nitrogens with one attached hydrogen (secondary N) is 1. The third kappa shape index (κ3) is 6.05. The quantitative estimate of drug-likeness (QED) is 0.264. The first-order chi connectivity index (χ1) is 15.1. The van der Waals surface area contributed by atoms with Crippen molar-refractivity contribution in [3.8, 4) is 28.6 Å². The molecule has 0 atom stereocenters. The van der Waals surface area contributed by atoms with Crippen molar-refractivity contribution in [2.24, 2.45) is 0 Å². The van der Waals surface area contributed by atoms with Crippen molar-refractivity contribution in [3.05, 3.63) is 48.5 Å². The van der Waals surface area contributed by atoms with Crippen molar-refractivity contribution >= 4 is 17.7 Å². The summed E-state index contributed by atoms with van der Waals surface area (Å²) in [5.41, 5.74) is 0.725. The van der Waals surface area contributed by atoms with Crippen LogP contribution in [0.3, 0.4) is 0 Å². The summed E-state index contributed by atoms with van der Waals surface area (Å²) in [6.07, 6.45) is 0. The predicted molar refractivity (Wildman–Crippen MR) is 119 cm³/mol. The van der Waals surface area contributed by atoms with Gasteiger partial charge in [-0.1, -0.05) is 23.9 Å². The Kier molecular flexibility index (Phi) is 7.99. The number of para-hydroxylation sites is 1. The van der Waals surface area contributed by atoms with Gasteiger partial charge in [0.25, 0.3) is 0 Å². The van der Waals surface area contributed by atoms with E-state index in [1.807, 2.05) is 55.5 Å². The summed E-state index contributed by atoms with van der Waals surface area (Å²) in [5.74, 6) is 8.73. The lowest BCUT2D eigenvalue weighted by atomic mass is 10.2. The second-order valence-corrected chi connectivity index (χ2v) is 7.21. The average molecular weight is 444 g/mol. The van der Waals surface area contributed by atoms with Gasteiger partial charge >= 0.3 is 0 Å². The van der Waals surface area contributed by atoms with Crippen LogP contribution >= 0.6 is 11.8 Å². The molecular formula is C21H25N5O4S. The highest BCUT2D eigenvalue weighted by molar-refractivity contribution is 7.99. The van der Waals surface area contributed by atoms with E-state index in [0.29, 0.717) is 42.2 Å². The number of hydrogen-bond donors (Lipinski definition) is 2. The normalized spacial score (nSPS) is 10.5. The fraction of sp³-hybridized carbons (Fsp3) is 0.286. The second kappa shape index (κ2) is 11.1. The van der Waals surface area contributed by atoms with E-state index in [2.05, 4.69) is 15.5 Å². The highest BCUT2D eigenvalue weighted by Crippen LogP contribution is 2.29. The fourth-order valence-electron chi connectivity index (χ4n) is 2.73. The maximum atomic E-state index is 12.1. The lowest BCUT2D eigenvalue weighted by Crippen LogP contribution is -2.29. The van der Waals surface area contributed by atoms with Crippen LogP contribution in [0, 0.1) is 0 Å². The molecule has 9 nitrogen and oxygen atoms in total. The molecule has 1 amide bonds. The summed E-state index contributed by atoms with van der Waals surface area (Å²) < 4.78 is 17.7. The highest BCUT2D eigenvalue weighted by atomic mass is 32.2. The number of amides is 1. The number of carbonyl (C=O) groups is 1. The van der Waals surface area contributed by atoms with Gasteiger partial charge in [0, 0.05) is 0 Å². The van der Waals surface area contributed by atoms with E-state index in [4.69, 9.17) is 20.1 Å². The van der Waals surface area contributed by atoms with Crippen molar-refractivity contribution in [1.29, 1.82) is 0 Å². The minimum Gasteiger partial charge on any atom is -0.496 e. The smallest absolute Gasteiger partial charge is 0.230 e. The van der Waals surface area contributed by atoms with Gasteiger partial charge in [0.15, 0.2) is 5.82 Å². The van der Waals surface area contributed by atoms with Crippen molar-refractivity contribution in [1.82, 2.24) is 20.2 Å². The zero-order chi connectivity index (χ0) is 22.1. The summed E-state index contributed by atoms with van der Waals surface area (Å²) in [5, 5.41) is 11.4. The SMILES string of the molecule is CCOc1ccc(OCCNC(=O)CSc2nnc(-c3ccccc3OC)n2N)cc1. The summed E-state index contributed by atoms with van der Waals surface area (Å²) in [6, 6.07) is 14.7. The molecule has 31 heavy (non-hydrogen) atoms. The van der Waals surface area contributed by atoms with Crippen LogP contribution in [-0.2, 0) is 4.79 Å². The lowest BCUT2D eigenvalue weighted by molar-refractivity contribution is -0.118. The molecule has 0 spiro atoms. The molecule has 0 bridgehead atoms. The molecule has 0 radical (unpaired) electrons. The molecular weight excluding hydrogens is 418 g/mol. The van der Waals surface area contributed by atoms with Gasteiger partial charge in [0.2, 0.25) is 11.1 Å². The molecule has 0 aliphatic heterocycles. The lowest BCUT2D eigenvalue weighted by Gasteiger charge is -2.09. The summed E-state index contributed by atoms with van der Waals surface area (Å²) in [6.45, 7) is 3.29. The van der Waals surface area contributed by atoms with Gasteiger partial charge in [-0.25, -0.2) is 4.68 Å². The molecule has 0 fully saturated rings. The molecule has 0 unspecified atom stereocenters. The molecule has 0 saturated heterocycles. The standard InChI is InChI=1S/C21H25N5O4S/c1-3-29-15-8-10-16(11-9-15)30-13-12-23-19(27)14-31-21-25-24-20(26(21)22)17-6-4-5-7-18(17)28-2/h4-11H,3,12-14,22H2,1-2H3,(H,23,27). The molecule has 3 N–H and O–H groups in total. The number of rotatable bonds is 11. The van der Waals surface area contributed by atoms with Crippen LogP contribution in [0.25, 0.3) is 11.4 Å². The number of nitrogens with zero attached hydrogens (tertiary/aromatic N) is 3. The molecule has 3 rings (SSSR count). The van der Waals surface area contributed by atoms with Crippen LogP contribution in [0.5, 0.6) is 17.2 Å². The van der Waals surface area contributed by atoms with Gasteiger partial charge in [-0.2, -0.15) is 0 Å². The van der Waals surface area contributed by atoms with Crippen molar-refractivity contribution in [3.63, 3.8) is 0 Å². The summed E-state index contributed by atoms with van der Waals surface area (Å²) >= 11 is 1.20. The van der Waals surface area contributed by atoms with Gasteiger partial charge in [0.05, 0.1) is 31.6 Å².